The van der Waals surface area contributed by atoms with Crippen molar-refractivity contribution in [2.24, 2.45) is 5.92 Å². The van der Waals surface area contributed by atoms with Crippen molar-refractivity contribution in [3.8, 4) is 16.9 Å². The zero-order chi connectivity index (χ0) is 27.5. The molecule has 1 aromatic heterocycles. The van der Waals surface area contributed by atoms with E-state index >= 15 is 0 Å². The van der Waals surface area contributed by atoms with Crippen LogP contribution < -0.4 is 4.74 Å². The van der Waals surface area contributed by atoms with Crippen LogP contribution in [-0.2, 0) is 13.0 Å². The molecule has 3 aliphatic rings. The summed E-state index contributed by atoms with van der Waals surface area (Å²) in [4.78, 5) is 21.3. The second-order valence-corrected chi connectivity index (χ2v) is 13.0. The molecular formula is C33H40ClN3O2S. The Kier molecular flexibility index (Phi) is 8.78. The second-order valence-electron chi connectivity index (χ2n) is 11.6. The number of piperidine rings is 1. The number of carbonyl (C=O) groups is 1. The highest BCUT2D eigenvalue weighted by Gasteiger charge is 2.31. The third-order valence-electron chi connectivity index (χ3n) is 8.73. The van der Waals surface area contributed by atoms with Gasteiger partial charge >= 0.3 is 0 Å². The van der Waals surface area contributed by atoms with E-state index in [1.165, 1.54) is 46.4 Å². The zero-order valence-electron chi connectivity index (χ0n) is 23.5. The highest BCUT2D eigenvalue weighted by Crippen LogP contribution is 2.33. The molecule has 40 heavy (non-hydrogen) atoms. The van der Waals surface area contributed by atoms with Crippen molar-refractivity contribution in [3.63, 3.8) is 0 Å². The lowest BCUT2D eigenvalue weighted by molar-refractivity contribution is 0.0469. The van der Waals surface area contributed by atoms with Crippen LogP contribution in [0.25, 0.3) is 11.1 Å². The van der Waals surface area contributed by atoms with Gasteiger partial charge in [0, 0.05) is 56.9 Å². The Morgan fingerprint density at radius 1 is 0.900 bits per heavy atom. The highest BCUT2D eigenvalue weighted by atomic mass is 35.5. The fourth-order valence-electron chi connectivity index (χ4n) is 6.01. The van der Waals surface area contributed by atoms with Gasteiger partial charge in [0.15, 0.2) is 0 Å². The highest BCUT2D eigenvalue weighted by molar-refractivity contribution is 7.12. The number of ether oxygens (including phenoxy) is 1. The van der Waals surface area contributed by atoms with Crippen molar-refractivity contribution in [2.45, 2.75) is 51.6 Å². The van der Waals surface area contributed by atoms with Gasteiger partial charge in [-0.25, -0.2) is 0 Å². The molecule has 0 radical (unpaired) electrons. The Hall–Kier alpha value is -2.38. The molecule has 212 valence electrons. The van der Waals surface area contributed by atoms with E-state index in [1.54, 1.807) is 0 Å². The number of benzene rings is 2. The average molecular weight is 578 g/mol. The molecule has 2 aliphatic heterocycles. The van der Waals surface area contributed by atoms with E-state index in [9.17, 15) is 4.79 Å². The summed E-state index contributed by atoms with van der Waals surface area (Å²) in [5, 5.41) is 2.79. The molecule has 1 saturated carbocycles. The minimum absolute atomic E-state index is 0.149. The molecule has 7 heteroatoms. The van der Waals surface area contributed by atoms with Gasteiger partial charge in [0.2, 0.25) is 0 Å². The van der Waals surface area contributed by atoms with Gasteiger partial charge in [0.25, 0.3) is 5.91 Å². The summed E-state index contributed by atoms with van der Waals surface area (Å²) >= 11 is 7.86. The first-order valence-electron chi connectivity index (χ1n) is 14.9. The Bertz CT molecular complexity index is 1290. The predicted octanol–water partition coefficient (Wildman–Crippen LogP) is 6.84. The number of amides is 1. The molecule has 0 atom stereocenters. The number of hydrogen-bond acceptors (Lipinski definition) is 5. The van der Waals surface area contributed by atoms with Gasteiger partial charge in [-0.15, -0.1) is 11.3 Å². The van der Waals surface area contributed by atoms with Crippen LogP contribution in [0.3, 0.4) is 0 Å². The first-order valence-corrected chi connectivity index (χ1v) is 16.2. The first kappa shape index (κ1) is 27.8. The maximum absolute atomic E-state index is 13.2. The van der Waals surface area contributed by atoms with Crippen LogP contribution in [0.5, 0.6) is 5.75 Å². The van der Waals surface area contributed by atoms with Crippen molar-refractivity contribution in [1.82, 2.24) is 14.7 Å². The Balaban J connectivity index is 0.956. The summed E-state index contributed by atoms with van der Waals surface area (Å²) in [7, 11) is 0. The van der Waals surface area contributed by atoms with Crippen LogP contribution >= 0.6 is 22.9 Å². The molecule has 1 amide bonds. The van der Waals surface area contributed by atoms with Crippen LogP contribution in [0.4, 0.5) is 0 Å². The van der Waals surface area contributed by atoms with Crippen molar-refractivity contribution in [1.29, 1.82) is 0 Å². The molecule has 5 nitrogen and oxygen atoms in total. The lowest BCUT2D eigenvalue weighted by Crippen LogP contribution is -2.53. The van der Waals surface area contributed by atoms with E-state index in [0.717, 1.165) is 87.3 Å². The van der Waals surface area contributed by atoms with Crippen LogP contribution in [0.1, 0.15) is 53.4 Å². The Morgan fingerprint density at radius 3 is 2.35 bits per heavy atom. The number of nitrogens with zero attached hydrogens (tertiary/aromatic N) is 3. The smallest absolute Gasteiger partial charge is 0.267 e. The summed E-state index contributed by atoms with van der Waals surface area (Å²) in [6.07, 6.45) is 5.61. The molecule has 0 bridgehead atoms. The fourth-order valence-corrected chi connectivity index (χ4v) is 7.06. The fraction of sp³-hybridized carbons (Fsp3) is 0.485. The summed E-state index contributed by atoms with van der Waals surface area (Å²) < 4.78 is 5.97. The number of halogens is 1. The molecule has 3 fully saturated rings. The molecule has 2 saturated heterocycles. The zero-order valence-corrected chi connectivity index (χ0v) is 25.1. The standard InChI is InChI=1S/C33H40ClN3O2S/c1-2-24-19-28(21-29(34)20-24)27-7-5-25(6-8-27)22-35-14-16-36(17-15-35)30-9-12-37(13-10-30)33(38)32-31(11-18-40-32)39-23-26-3-4-26/h5-8,11,18-21,26,30H,2-4,9-10,12-17,22-23H2,1H3. The Labute approximate surface area is 247 Å². The van der Waals surface area contributed by atoms with Gasteiger partial charge in [0.05, 0.1) is 6.61 Å². The van der Waals surface area contributed by atoms with Gasteiger partial charge in [-0.1, -0.05) is 48.9 Å². The van der Waals surface area contributed by atoms with Crippen LogP contribution in [0.2, 0.25) is 5.02 Å². The van der Waals surface area contributed by atoms with Crippen molar-refractivity contribution in [2.75, 3.05) is 45.9 Å². The van der Waals surface area contributed by atoms with E-state index in [0.29, 0.717) is 12.0 Å². The number of thiophene rings is 1. The largest absolute Gasteiger partial charge is 0.492 e. The SMILES string of the molecule is CCc1cc(Cl)cc(-c2ccc(CN3CCN(C4CCN(C(=O)c5sccc5OCC5CC5)CC4)CC3)cc2)c1. The number of piperazine rings is 1. The maximum Gasteiger partial charge on any atom is 0.267 e. The minimum atomic E-state index is 0.149. The number of rotatable bonds is 9. The van der Waals surface area contributed by atoms with Crippen molar-refractivity contribution in [3.05, 3.63) is 74.9 Å². The number of carbonyl (C=O) groups excluding carboxylic acids is 1. The molecule has 1 aliphatic carbocycles. The van der Waals surface area contributed by atoms with Gasteiger partial charge in [0.1, 0.15) is 10.6 Å². The van der Waals surface area contributed by atoms with E-state index in [4.69, 9.17) is 16.3 Å². The van der Waals surface area contributed by atoms with E-state index < -0.39 is 0 Å². The molecule has 2 aromatic carbocycles. The van der Waals surface area contributed by atoms with E-state index in [2.05, 4.69) is 59.2 Å². The third-order valence-corrected chi connectivity index (χ3v) is 9.83. The van der Waals surface area contributed by atoms with Crippen molar-refractivity contribution >= 4 is 28.8 Å². The summed E-state index contributed by atoms with van der Waals surface area (Å²) in [5.74, 6) is 1.62. The van der Waals surface area contributed by atoms with Crippen LogP contribution in [0.15, 0.2) is 53.9 Å². The lowest BCUT2D eigenvalue weighted by atomic mass is 10.0. The molecular weight excluding hydrogens is 538 g/mol. The van der Waals surface area contributed by atoms with E-state index in [-0.39, 0.29) is 5.91 Å². The molecule has 0 unspecified atom stereocenters. The molecule has 0 N–H and O–H groups in total. The number of aryl methyl sites for hydroxylation is 1. The van der Waals surface area contributed by atoms with E-state index in [1.807, 2.05) is 16.3 Å². The molecule has 6 rings (SSSR count). The van der Waals surface area contributed by atoms with Crippen LogP contribution in [-0.4, -0.2) is 72.5 Å². The minimum Gasteiger partial charge on any atom is -0.492 e. The Morgan fingerprint density at radius 2 is 1.65 bits per heavy atom. The average Bonchev–Trinajstić information content (AvgIpc) is 3.71. The predicted molar refractivity (Wildman–Crippen MR) is 165 cm³/mol. The third kappa shape index (κ3) is 6.73. The monoisotopic (exact) mass is 577 g/mol. The quantitative estimate of drug-likeness (QED) is 0.279. The molecule has 3 aromatic rings. The van der Waals surface area contributed by atoms with Gasteiger partial charge in [-0.05, 0) is 83.9 Å². The van der Waals surface area contributed by atoms with Gasteiger partial charge in [-0.2, -0.15) is 0 Å². The normalized spacial score (nSPS) is 19.2. The summed E-state index contributed by atoms with van der Waals surface area (Å²) in [6.45, 7) is 9.95. The van der Waals surface area contributed by atoms with Gasteiger partial charge in [-0.3, -0.25) is 14.6 Å². The maximum atomic E-state index is 13.2. The van der Waals surface area contributed by atoms with Crippen molar-refractivity contribution < 1.29 is 9.53 Å². The summed E-state index contributed by atoms with van der Waals surface area (Å²) in [5.41, 5.74) is 5.04. The number of hydrogen-bond donors (Lipinski definition) is 0. The molecule has 3 heterocycles. The first-order chi connectivity index (χ1) is 19.6. The second kappa shape index (κ2) is 12.6. The van der Waals surface area contributed by atoms with Gasteiger partial charge < -0.3 is 9.64 Å². The van der Waals surface area contributed by atoms with Crippen LogP contribution in [0, 0.1) is 5.92 Å². The molecule has 0 spiro atoms. The topological polar surface area (TPSA) is 36.0 Å². The number of likely N-dealkylation sites (tertiary alicyclic amines) is 1. The lowest BCUT2D eigenvalue weighted by Gasteiger charge is -2.42. The summed E-state index contributed by atoms with van der Waals surface area (Å²) in [6, 6.07) is 17.9.